The summed E-state index contributed by atoms with van der Waals surface area (Å²) >= 11 is 5.46. The third-order valence-electron chi connectivity index (χ3n) is 1.53. The van der Waals surface area contributed by atoms with Gasteiger partial charge in [0.1, 0.15) is 10.8 Å². The number of amides is 1. The zero-order valence-corrected chi connectivity index (χ0v) is 8.64. The molecule has 1 aromatic rings. The van der Waals surface area contributed by atoms with E-state index in [1.54, 1.807) is 0 Å². The molecule has 0 saturated carbocycles. The van der Waals surface area contributed by atoms with Crippen LogP contribution in [0.4, 0.5) is 13.2 Å². The normalized spacial score (nSPS) is 11.2. The number of aromatic nitrogens is 2. The summed E-state index contributed by atoms with van der Waals surface area (Å²) in [5.74, 6) is -0.737. The molecule has 1 N–H and O–H groups in total. The Bertz CT molecular complexity index is 383. The molecule has 0 aliphatic carbocycles. The van der Waals surface area contributed by atoms with E-state index in [0.29, 0.717) is 0 Å². The molecule has 0 aromatic carbocycles. The number of nitrogens with one attached hydrogen (secondary N) is 1. The number of rotatable bonds is 3. The molecule has 0 bridgehead atoms. The topological polar surface area (TPSA) is 54.9 Å². The van der Waals surface area contributed by atoms with Gasteiger partial charge >= 0.3 is 6.18 Å². The average Bonchev–Trinajstić information content (AvgIpc) is 2.15. The smallest absolute Gasteiger partial charge is 0.350 e. The molecule has 0 aliphatic heterocycles. The van der Waals surface area contributed by atoms with Crippen LogP contribution in [-0.2, 0) is 0 Å². The molecule has 0 unspecified atom stereocenters. The first-order valence-electron chi connectivity index (χ1n) is 4.21. The van der Waals surface area contributed by atoms with Crippen LogP contribution < -0.4 is 5.32 Å². The van der Waals surface area contributed by atoms with E-state index < -0.39 is 25.0 Å². The van der Waals surface area contributed by atoms with E-state index in [1.807, 2.05) is 0 Å². The van der Waals surface area contributed by atoms with Gasteiger partial charge < -0.3 is 5.32 Å². The molecule has 0 fully saturated rings. The van der Waals surface area contributed by atoms with E-state index in [9.17, 15) is 18.0 Å². The van der Waals surface area contributed by atoms with Gasteiger partial charge in [-0.25, -0.2) is 4.98 Å². The monoisotopic (exact) mass is 253 g/mol. The van der Waals surface area contributed by atoms with E-state index in [4.69, 9.17) is 11.6 Å². The van der Waals surface area contributed by atoms with E-state index in [0.717, 1.165) is 6.20 Å². The largest absolute Gasteiger partial charge is 0.390 e. The standard InChI is InChI=1S/C8H7ClF3N3O/c9-6-4-13-3-5(15-6)7(16)14-2-1-8(10,11)12/h3-4H,1-2H2,(H,14,16). The van der Waals surface area contributed by atoms with Crippen molar-refractivity contribution < 1.29 is 18.0 Å². The summed E-state index contributed by atoms with van der Waals surface area (Å²) in [6.07, 6.45) is -3.05. The Morgan fingerprint density at radius 3 is 2.69 bits per heavy atom. The Morgan fingerprint density at radius 1 is 1.44 bits per heavy atom. The van der Waals surface area contributed by atoms with Gasteiger partial charge in [0, 0.05) is 6.54 Å². The van der Waals surface area contributed by atoms with Crippen molar-refractivity contribution in [2.75, 3.05) is 6.54 Å². The molecule has 0 radical (unpaired) electrons. The second-order valence-corrected chi connectivity index (χ2v) is 3.24. The average molecular weight is 254 g/mol. The minimum atomic E-state index is -4.30. The Balaban J connectivity index is 2.47. The first-order valence-corrected chi connectivity index (χ1v) is 4.59. The van der Waals surface area contributed by atoms with Crippen molar-refractivity contribution in [3.8, 4) is 0 Å². The molecular weight excluding hydrogens is 247 g/mol. The fourth-order valence-corrected chi connectivity index (χ4v) is 1.01. The van der Waals surface area contributed by atoms with Crippen molar-refractivity contribution in [2.24, 2.45) is 0 Å². The molecular formula is C8H7ClF3N3O. The summed E-state index contributed by atoms with van der Waals surface area (Å²) in [6.45, 7) is -0.503. The highest BCUT2D eigenvalue weighted by Gasteiger charge is 2.26. The minimum Gasteiger partial charge on any atom is -0.350 e. The van der Waals surface area contributed by atoms with E-state index in [2.05, 4.69) is 15.3 Å². The highest BCUT2D eigenvalue weighted by atomic mass is 35.5. The minimum absolute atomic E-state index is 0.00321. The van der Waals surface area contributed by atoms with Gasteiger partial charge in [0.05, 0.1) is 18.8 Å². The summed E-state index contributed by atoms with van der Waals surface area (Å²) < 4.78 is 35.3. The molecule has 1 heterocycles. The molecule has 16 heavy (non-hydrogen) atoms. The molecule has 0 atom stereocenters. The summed E-state index contributed by atoms with van der Waals surface area (Å²) in [7, 11) is 0. The van der Waals surface area contributed by atoms with Crippen molar-refractivity contribution in [3.05, 3.63) is 23.2 Å². The van der Waals surface area contributed by atoms with Crippen LogP contribution in [0, 0.1) is 0 Å². The molecule has 1 amide bonds. The molecule has 8 heteroatoms. The molecule has 0 spiro atoms. The Morgan fingerprint density at radius 2 is 2.12 bits per heavy atom. The number of hydrogen-bond donors (Lipinski definition) is 1. The molecule has 1 aromatic heterocycles. The molecule has 0 saturated heterocycles. The highest BCUT2D eigenvalue weighted by molar-refractivity contribution is 6.29. The van der Waals surface area contributed by atoms with E-state index in [-0.39, 0.29) is 10.8 Å². The first kappa shape index (κ1) is 12.7. The number of halogens is 4. The fraction of sp³-hybridized carbons (Fsp3) is 0.375. The number of alkyl halides is 3. The van der Waals surface area contributed by atoms with Gasteiger partial charge in [-0.1, -0.05) is 11.6 Å². The molecule has 4 nitrogen and oxygen atoms in total. The van der Waals surface area contributed by atoms with Crippen LogP contribution in [0.15, 0.2) is 12.4 Å². The zero-order valence-electron chi connectivity index (χ0n) is 7.88. The third kappa shape index (κ3) is 4.43. The van der Waals surface area contributed by atoms with Crippen LogP contribution in [0.5, 0.6) is 0 Å². The van der Waals surface area contributed by atoms with Crippen LogP contribution in [0.25, 0.3) is 0 Å². The van der Waals surface area contributed by atoms with Gasteiger partial charge in [0.2, 0.25) is 0 Å². The van der Waals surface area contributed by atoms with Crippen molar-refractivity contribution in [2.45, 2.75) is 12.6 Å². The van der Waals surface area contributed by atoms with Gasteiger partial charge in [-0.2, -0.15) is 13.2 Å². The predicted octanol–water partition coefficient (Wildman–Crippen LogP) is 1.81. The second-order valence-electron chi connectivity index (χ2n) is 2.85. The number of carbonyl (C=O) groups is 1. The Labute approximate surface area is 93.8 Å². The van der Waals surface area contributed by atoms with Crippen molar-refractivity contribution >= 4 is 17.5 Å². The lowest BCUT2D eigenvalue weighted by atomic mass is 10.3. The van der Waals surface area contributed by atoms with Crippen LogP contribution in [0.1, 0.15) is 16.9 Å². The predicted molar refractivity (Wildman–Crippen MR) is 50.0 cm³/mol. The summed E-state index contributed by atoms with van der Waals surface area (Å²) in [4.78, 5) is 18.4. The SMILES string of the molecule is O=C(NCCC(F)(F)F)c1cncc(Cl)n1. The molecule has 0 aliphatic rings. The van der Waals surface area contributed by atoms with E-state index >= 15 is 0 Å². The van der Waals surface area contributed by atoms with Crippen molar-refractivity contribution in [1.82, 2.24) is 15.3 Å². The number of hydrogen-bond acceptors (Lipinski definition) is 3. The summed E-state index contributed by atoms with van der Waals surface area (Å²) in [5, 5.41) is 2.07. The van der Waals surface area contributed by atoms with Crippen molar-refractivity contribution in [1.29, 1.82) is 0 Å². The van der Waals surface area contributed by atoms with E-state index in [1.165, 1.54) is 6.20 Å². The molecule has 88 valence electrons. The number of nitrogens with zero attached hydrogens (tertiary/aromatic N) is 2. The second kappa shape index (κ2) is 5.11. The van der Waals surface area contributed by atoms with Crippen LogP contribution in [0.2, 0.25) is 5.15 Å². The maximum Gasteiger partial charge on any atom is 0.390 e. The Hall–Kier alpha value is -1.37. The van der Waals surface area contributed by atoms with Gasteiger partial charge in [-0.05, 0) is 0 Å². The van der Waals surface area contributed by atoms with Gasteiger partial charge in [0.25, 0.3) is 5.91 Å². The van der Waals surface area contributed by atoms with Gasteiger partial charge in [-0.3, -0.25) is 9.78 Å². The number of carbonyl (C=O) groups excluding carboxylic acids is 1. The lowest BCUT2D eigenvalue weighted by Crippen LogP contribution is -2.28. The maximum absolute atomic E-state index is 11.8. The third-order valence-corrected chi connectivity index (χ3v) is 1.71. The van der Waals surface area contributed by atoms with Crippen LogP contribution in [-0.4, -0.2) is 28.6 Å². The fourth-order valence-electron chi connectivity index (χ4n) is 0.860. The lowest BCUT2D eigenvalue weighted by molar-refractivity contribution is -0.132. The lowest BCUT2D eigenvalue weighted by Gasteiger charge is -2.07. The van der Waals surface area contributed by atoms with Crippen molar-refractivity contribution in [3.63, 3.8) is 0 Å². The maximum atomic E-state index is 11.8. The molecule has 1 rings (SSSR count). The summed E-state index contributed by atoms with van der Waals surface area (Å²) in [5.41, 5.74) is -0.116. The van der Waals surface area contributed by atoms with Gasteiger partial charge in [-0.15, -0.1) is 0 Å². The quantitative estimate of drug-likeness (QED) is 0.894. The van der Waals surface area contributed by atoms with Crippen LogP contribution in [0.3, 0.4) is 0 Å². The summed E-state index contributed by atoms with van der Waals surface area (Å²) in [6, 6.07) is 0. The van der Waals surface area contributed by atoms with Crippen LogP contribution >= 0.6 is 11.6 Å². The Kier molecular flexibility index (Phi) is 4.05. The highest BCUT2D eigenvalue weighted by Crippen LogP contribution is 2.18. The first-order chi connectivity index (χ1) is 7.38. The van der Waals surface area contributed by atoms with Gasteiger partial charge in [0.15, 0.2) is 0 Å². The zero-order chi connectivity index (χ0) is 12.2.